The van der Waals surface area contributed by atoms with E-state index in [-0.39, 0.29) is 5.91 Å². The van der Waals surface area contributed by atoms with Crippen molar-refractivity contribution in [1.82, 2.24) is 10.2 Å². The van der Waals surface area contributed by atoms with E-state index in [4.69, 9.17) is 0 Å². The summed E-state index contributed by atoms with van der Waals surface area (Å²) in [6.07, 6.45) is 4.14. The van der Waals surface area contributed by atoms with Crippen LogP contribution in [0.1, 0.15) is 31.2 Å². The molecule has 1 N–H and O–H groups in total. The van der Waals surface area contributed by atoms with Gasteiger partial charge in [0.2, 0.25) is 5.91 Å². The largest absolute Gasteiger partial charge is 0.312 e. The number of hydrogen-bond donors (Lipinski definition) is 1. The van der Waals surface area contributed by atoms with Gasteiger partial charge in [0.05, 0.1) is 0 Å². The Morgan fingerprint density at radius 2 is 1.86 bits per heavy atom. The first-order chi connectivity index (χ1) is 10.2. The standard InChI is InChI=1S/C17H25N3O/c1-19-11-8-15(9-12-19)18-13-14-4-6-16(7-5-14)20-10-2-3-17(20)21/h4-7,15,18H,2-3,8-13H2,1H3. The maximum absolute atomic E-state index is 11.7. The second kappa shape index (κ2) is 6.58. The first-order valence-corrected chi connectivity index (χ1v) is 8.03. The lowest BCUT2D eigenvalue weighted by molar-refractivity contribution is -0.117. The van der Waals surface area contributed by atoms with E-state index in [1.165, 1.54) is 31.5 Å². The number of piperidine rings is 1. The van der Waals surface area contributed by atoms with Gasteiger partial charge in [-0.05, 0) is 57.1 Å². The van der Waals surface area contributed by atoms with Crippen LogP contribution in [-0.2, 0) is 11.3 Å². The van der Waals surface area contributed by atoms with Crippen LogP contribution < -0.4 is 10.2 Å². The van der Waals surface area contributed by atoms with Crippen LogP contribution in [0.3, 0.4) is 0 Å². The van der Waals surface area contributed by atoms with Gasteiger partial charge in [-0.2, -0.15) is 0 Å². The molecule has 1 aromatic carbocycles. The van der Waals surface area contributed by atoms with E-state index in [0.29, 0.717) is 12.5 Å². The van der Waals surface area contributed by atoms with Gasteiger partial charge in [-0.25, -0.2) is 0 Å². The Hall–Kier alpha value is -1.39. The molecule has 0 spiro atoms. The highest BCUT2D eigenvalue weighted by molar-refractivity contribution is 5.95. The predicted molar refractivity (Wildman–Crippen MR) is 85.4 cm³/mol. The van der Waals surface area contributed by atoms with Gasteiger partial charge < -0.3 is 15.1 Å². The number of anilines is 1. The molecule has 2 aliphatic rings. The van der Waals surface area contributed by atoms with E-state index >= 15 is 0 Å². The van der Waals surface area contributed by atoms with Crippen molar-refractivity contribution < 1.29 is 4.79 Å². The van der Waals surface area contributed by atoms with Gasteiger partial charge in [0.1, 0.15) is 0 Å². The highest BCUT2D eigenvalue weighted by Crippen LogP contribution is 2.21. The molecule has 114 valence electrons. The second-order valence-electron chi connectivity index (χ2n) is 6.27. The van der Waals surface area contributed by atoms with E-state index in [9.17, 15) is 4.79 Å². The molecule has 0 unspecified atom stereocenters. The fraction of sp³-hybridized carbons (Fsp3) is 0.588. The van der Waals surface area contributed by atoms with Crippen molar-refractivity contribution in [1.29, 1.82) is 0 Å². The zero-order chi connectivity index (χ0) is 14.7. The molecule has 3 rings (SSSR count). The second-order valence-corrected chi connectivity index (χ2v) is 6.27. The summed E-state index contributed by atoms with van der Waals surface area (Å²) in [5, 5.41) is 3.65. The number of rotatable bonds is 4. The molecule has 1 aromatic rings. The molecule has 2 saturated heterocycles. The summed E-state index contributed by atoms with van der Waals surface area (Å²) in [5.74, 6) is 0.257. The zero-order valence-corrected chi connectivity index (χ0v) is 12.8. The molecule has 2 fully saturated rings. The van der Waals surface area contributed by atoms with Crippen LogP contribution >= 0.6 is 0 Å². The van der Waals surface area contributed by atoms with Gasteiger partial charge >= 0.3 is 0 Å². The molecule has 0 saturated carbocycles. The van der Waals surface area contributed by atoms with Crippen molar-refractivity contribution in [2.45, 2.75) is 38.3 Å². The summed E-state index contributed by atoms with van der Waals surface area (Å²) in [7, 11) is 2.19. The summed E-state index contributed by atoms with van der Waals surface area (Å²) in [4.78, 5) is 16.0. The molecule has 0 aliphatic carbocycles. The van der Waals surface area contributed by atoms with Crippen LogP contribution in [0.25, 0.3) is 0 Å². The zero-order valence-electron chi connectivity index (χ0n) is 12.8. The molecule has 4 heteroatoms. The number of hydrogen-bond acceptors (Lipinski definition) is 3. The van der Waals surface area contributed by atoms with Gasteiger partial charge in [0.25, 0.3) is 0 Å². The number of carbonyl (C=O) groups excluding carboxylic acids is 1. The van der Waals surface area contributed by atoms with Crippen LogP contribution in [0.15, 0.2) is 24.3 Å². The Morgan fingerprint density at radius 1 is 1.14 bits per heavy atom. The highest BCUT2D eigenvalue weighted by Gasteiger charge is 2.21. The van der Waals surface area contributed by atoms with Crippen LogP contribution in [0.4, 0.5) is 5.69 Å². The Bertz CT molecular complexity index is 477. The molecule has 1 amide bonds. The molecular weight excluding hydrogens is 262 g/mol. The lowest BCUT2D eigenvalue weighted by Gasteiger charge is -2.29. The highest BCUT2D eigenvalue weighted by atomic mass is 16.2. The molecule has 2 heterocycles. The third-order valence-corrected chi connectivity index (χ3v) is 4.63. The number of nitrogens with one attached hydrogen (secondary N) is 1. The van der Waals surface area contributed by atoms with E-state index in [1.807, 2.05) is 4.90 Å². The monoisotopic (exact) mass is 287 g/mol. The van der Waals surface area contributed by atoms with E-state index in [1.54, 1.807) is 0 Å². The number of benzene rings is 1. The van der Waals surface area contributed by atoms with Crippen LogP contribution in [0.5, 0.6) is 0 Å². The van der Waals surface area contributed by atoms with Crippen molar-refractivity contribution in [2.24, 2.45) is 0 Å². The van der Waals surface area contributed by atoms with Gasteiger partial charge in [-0.1, -0.05) is 12.1 Å². The van der Waals surface area contributed by atoms with Gasteiger partial charge in [-0.15, -0.1) is 0 Å². The summed E-state index contributed by atoms with van der Waals surface area (Å²) < 4.78 is 0. The molecular formula is C17H25N3O. The number of amides is 1. The fourth-order valence-electron chi connectivity index (χ4n) is 3.19. The minimum absolute atomic E-state index is 0.257. The lowest BCUT2D eigenvalue weighted by Crippen LogP contribution is -2.40. The maximum atomic E-state index is 11.7. The topological polar surface area (TPSA) is 35.6 Å². The molecule has 2 aliphatic heterocycles. The molecule has 0 atom stereocenters. The fourth-order valence-corrected chi connectivity index (χ4v) is 3.19. The number of carbonyl (C=O) groups is 1. The minimum atomic E-state index is 0.257. The molecule has 0 radical (unpaired) electrons. The average Bonchev–Trinajstić information content (AvgIpc) is 2.93. The summed E-state index contributed by atoms with van der Waals surface area (Å²) in [6, 6.07) is 9.08. The smallest absolute Gasteiger partial charge is 0.227 e. The Labute approximate surface area is 127 Å². The van der Waals surface area contributed by atoms with Crippen LogP contribution in [0.2, 0.25) is 0 Å². The van der Waals surface area contributed by atoms with Crippen molar-refractivity contribution >= 4 is 11.6 Å². The number of likely N-dealkylation sites (tertiary alicyclic amines) is 1. The van der Waals surface area contributed by atoms with Crippen molar-refractivity contribution in [2.75, 3.05) is 31.6 Å². The third-order valence-electron chi connectivity index (χ3n) is 4.63. The minimum Gasteiger partial charge on any atom is -0.312 e. The lowest BCUT2D eigenvalue weighted by atomic mass is 10.1. The van der Waals surface area contributed by atoms with E-state index < -0.39 is 0 Å². The van der Waals surface area contributed by atoms with E-state index in [0.717, 1.165) is 25.2 Å². The van der Waals surface area contributed by atoms with Crippen molar-refractivity contribution in [3.63, 3.8) is 0 Å². The Kier molecular flexibility index (Phi) is 4.56. The van der Waals surface area contributed by atoms with Gasteiger partial charge in [0, 0.05) is 31.2 Å². The predicted octanol–water partition coefficient (Wildman–Crippen LogP) is 2.00. The normalized spacial score (nSPS) is 21.2. The van der Waals surface area contributed by atoms with E-state index in [2.05, 4.69) is 41.5 Å². The van der Waals surface area contributed by atoms with Crippen molar-refractivity contribution in [3.05, 3.63) is 29.8 Å². The Balaban J connectivity index is 1.51. The average molecular weight is 287 g/mol. The number of nitrogens with zero attached hydrogens (tertiary/aromatic N) is 2. The van der Waals surface area contributed by atoms with Crippen LogP contribution in [0, 0.1) is 0 Å². The first kappa shape index (κ1) is 14.5. The summed E-state index contributed by atoms with van der Waals surface area (Å²) in [5.41, 5.74) is 2.34. The van der Waals surface area contributed by atoms with Crippen LogP contribution in [-0.4, -0.2) is 43.5 Å². The Morgan fingerprint density at radius 3 is 2.48 bits per heavy atom. The summed E-state index contributed by atoms with van der Waals surface area (Å²) in [6.45, 7) is 4.16. The van der Waals surface area contributed by atoms with Crippen molar-refractivity contribution in [3.8, 4) is 0 Å². The molecule has 0 aromatic heterocycles. The quantitative estimate of drug-likeness (QED) is 0.920. The maximum Gasteiger partial charge on any atom is 0.227 e. The summed E-state index contributed by atoms with van der Waals surface area (Å²) >= 11 is 0. The van der Waals surface area contributed by atoms with Gasteiger partial charge in [-0.3, -0.25) is 4.79 Å². The first-order valence-electron chi connectivity index (χ1n) is 8.03. The molecule has 4 nitrogen and oxygen atoms in total. The molecule has 0 bridgehead atoms. The van der Waals surface area contributed by atoms with Gasteiger partial charge in [0.15, 0.2) is 0 Å². The third kappa shape index (κ3) is 3.63. The molecule has 21 heavy (non-hydrogen) atoms. The SMILES string of the molecule is CN1CCC(NCc2ccc(N3CCCC3=O)cc2)CC1.